The van der Waals surface area contributed by atoms with E-state index in [1.165, 1.54) is 5.56 Å². The maximum absolute atomic E-state index is 13.4. The van der Waals surface area contributed by atoms with Crippen LogP contribution in [0.15, 0.2) is 66.7 Å². The third-order valence-electron chi connectivity index (χ3n) is 5.36. The molecule has 0 atom stereocenters. The van der Waals surface area contributed by atoms with E-state index in [1.807, 2.05) is 54.6 Å². The summed E-state index contributed by atoms with van der Waals surface area (Å²) < 4.78 is 11.9. The SMILES string of the molecule is CCc1ccc2nc(N(Cc3ccccc3)C(=O)Cc3ccc4c(c3)OCO4)sc2c1. The minimum atomic E-state index is -0.00232. The molecule has 0 saturated carbocycles. The van der Waals surface area contributed by atoms with Gasteiger partial charge in [-0.3, -0.25) is 9.69 Å². The highest BCUT2D eigenvalue weighted by Crippen LogP contribution is 2.34. The molecule has 0 N–H and O–H groups in total. The predicted octanol–water partition coefficient (Wildman–Crippen LogP) is 5.36. The van der Waals surface area contributed by atoms with Crippen LogP contribution in [0.25, 0.3) is 10.2 Å². The van der Waals surface area contributed by atoms with Crippen LogP contribution in [0.5, 0.6) is 11.5 Å². The summed E-state index contributed by atoms with van der Waals surface area (Å²) in [6, 6.07) is 22.0. The number of hydrogen-bond acceptors (Lipinski definition) is 5. The Morgan fingerprint density at radius 2 is 1.77 bits per heavy atom. The molecule has 0 saturated heterocycles. The van der Waals surface area contributed by atoms with Gasteiger partial charge < -0.3 is 9.47 Å². The quantitative estimate of drug-likeness (QED) is 0.413. The smallest absolute Gasteiger partial charge is 0.233 e. The van der Waals surface area contributed by atoms with Crippen molar-refractivity contribution in [3.8, 4) is 11.5 Å². The fourth-order valence-corrected chi connectivity index (χ4v) is 4.69. The number of rotatable bonds is 6. The van der Waals surface area contributed by atoms with Gasteiger partial charge in [0.05, 0.1) is 23.2 Å². The van der Waals surface area contributed by atoms with E-state index in [0.29, 0.717) is 12.3 Å². The summed E-state index contributed by atoms with van der Waals surface area (Å²) in [5, 5.41) is 0.720. The Morgan fingerprint density at radius 3 is 2.61 bits per heavy atom. The molecule has 1 aliphatic rings. The van der Waals surface area contributed by atoms with Crippen LogP contribution in [0.1, 0.15) is 23.6 Å². The Morgan fingerprint density at radius 1 is 0.968 bits per heavy atom. The zero-order valence-electron chi connectivity index (χ0n) is 17.2. The average molecular weight is 431 g/mol. The molecule has 156 valence electrons. The monoisotopic (exact) mass is 430 g/mol. The van der Waals surface area contributed by atoms with Gasteiger partial charge in [-0.2, -0.15) is 0 Å². The fourth-order valence-electron chi connectivity index (χ4n) is 3.64. The number of benzene rings is 3. The number of nitrogens with zero attached hydrogens (tertiary/aromatic N) is 2. The second-order valence-corrected chi connectivity index (χ2v) is 8.49. The molecule has 5 rings (SSSR count). The van der Waals surface area contributed by atoms with Crippen molar-refractivity contribution in [3.63, 3.8) is 0 Å². The Labute approximate surface area is 184 Å². The van der Waals surface area contributed by atoms with Gasteiger partial charge in [0, 0.05) is 0 Å². The molecule has 4 aromatic rings. The topological polar surface area (TPSA) is 51.7 Å². The predicted molar refractivity (Wildman–Crippen MR) is 123 cm³/mol. The lowest BCUT2D eigenvalue weighted by Gasteiger charge is -2.20. The maximum atomic E-state index is 13.4. The molecule has 1 aliphatic heterocycles. The minimum absolute atomic E-state index is 0.00232. The number of carbonyl (C=O) groups excluding carboxylic acids is 1. The zero-order valence-corrected chi connectivity index (χ0v) is 18.0. The Balaban J connectivity index is 1.47. The summed E-state index contributed by atoms with van der Waals surface area (Å²) >= 11 is 1.56. The molecule has 1 amide bonds. The zero-order chi connectivity index (χ0) is 21.2. The van der Waals surface area contributed by atoms with E-state index in [9.17, 15) is 4.79 Å². The van der Waals surface area contributed by atoms with Gasteiger partial charge in [-0.1, -0.05) is 60.7 Å². The minimum Gasteiger partial charge on any atom is -0.454 e. The van der Waals surface area contributed by atoms with Crippen molar-refractivity contribution in [1.29, 1.82) is 0 Å². The first-order valence-corrected chi connectivity index (χ1v) is 11.1. The number of hydrogen-bond donors (Lipinski definition) is 0. The lowest BCUT2D eigenvalue weighted by molar-refractivity contribution is -0.118. The van der Waals surface area contributed by atoms with Crippen molar-refractivity contribution in [1.82, 2.24) is 4.98 Å². The van der Waals surface area contributed by atoms with Gasteiger partial charge in [0.1, 0.15) is 0 Å². The Hall–Kier alpha value is -3.38. The molecule has 0 spiro atoms. The van der Waals surface area contributed by atoms with Crippen LogP contribution < -0.4 is 14.4 Å². The molecule has 0 fully saturated rings. The molecule has 5 nitrogen and oxygen atoms in total. The van der Waals surface area contributed by atoms with Gasteiger partial charge in [-0.15, -0.1) is 0 Å². The number of ether oxygens (including phenoxy) is 2. The van der Waals surface area contributed by atoms with Crippen LogP contribution in [-0.4, -0.2) is 17.7 Å². The summed E-state index contributed by atoms with van der Waals surface area (Å²) in [6.45, 7) is 2.84. The number of fused-ring (bicyclic) bond motifs is 2. The van der Waals surface area contributed by atoms with Crippen LogP contribution in [0.4, 0.5) is 5.13 Å². The molecule has 1 aromatic heterocycles. The van der Waals surface area contributed by atoms with Gasteiger partial charge in [-0.25, -0.2) is 4.98 Å². The standard InChI is InChI=1S/C25H22N2O3S/c1-2-17-8-10-20-23(13-17)31-25(26-20)27(15-18-6-4-3-5-7-18)24(28)14-19-9-11-21-22(12-19)30-16-29-21/h3-13H,2,14-16H2,1H3. The molecule has 2 heterocycles. The van der Waals surface area contributed by atoms with E-state index in [-0.39, 0.29) is 19.1 Å². The highest BCUT2D eigenvalue weighted by molar-refractivity contribution is 7.22. The first kappa shape index (κ1) is 19.6. The van der Waals surface area contributed by atoms with E-state index in [4.69, 9.17) is 14.5 Å². The van der Waals surface area contributed by atoms with Gasteiger partial charge >= 0.3 is 0 Å². The Bertz CT molecular complexity index is 1240. The maximum Gasteiger partial charge on any atom is 0.233 e. The number of carbonyl (C=O) groups is 1. The van der Waals surface area contributed by atoms with E-state index >= 15 is 0 Å². The summed E-state index contributed by atoms with van der Waals surface area (Å²) in [4.78, 5) is 20.0. The molecular formula is C25H22N2O3S. The van der Waals surface area contributed by atoms with E-state index < -0.39 is 0 Å². The van der Waals surface area contributed by atoms with Crippen LogP contribution in [0.3, 0.4) is 0 Å². The van der Waals surface area contributed by atoms with E-state index in [0.717, 1.165) is 38.6 Å². The van der Waals surface area contributed by atoms with Gasteiger partial charge in [0.25, 0.3) is 0 Å². The molecule has 0 unspecified atom stereocenters. The lowest BCUT2D eigenvalue weighted by Crippen LogP contribution is -2.31. The van der Waals surface area contributed by atoms with Crippen molar-refractivity contribution >= 4 is 32.6 Å². The highest BCUT2D eigenvalue weighted by atomic mass is 32.1. The van der Waals surface area contributed by atoms with Crippen molar-refractivity contribution < 1.29 is 14.3 Å². The fraction of sp³-hybridized carbons (Fsp3) is 0.200. The normalized spacial score (nSPS) is 12.3. The van der Waals surface area contributed by atoms with Gasteiger partial charge in [-0.05, 0) is 47.4 Å². The second kappa shape index (κ2) is 8.40. The first-order chi connectivity index (χ1) is 15.2. The molecular weight excluding hydrogens is 408 g/mol. The second-order valence-electron chi connectivity index (χ2n) is 7.48. The van der Waals surface area contributed by atoms with Crippen molar-refractivity contribution in [2.45, 2.75) is 26.3 Å². The first-order valence-electron chi connectivity index (χ1n) is 10.3. The summed E-state index contributed by atoms with van der Waals surface area (Å²) in [7, 11) is 0. The number of aryl methyl sites for hydroxylation is 1. The van der Waals surface area contributed by atoms with Crippen molar-refractivity contribution in [2.75, 3.05) is 11.7 Å². The summed E-state index contributed by atoms with van der Waals surface area (Å²) in [5.41, 5.74) is 4.15. The number of anilines is 1. The number of amides is 1. The summed E-state index contributed by atoms with van der Waals surface area (Å²) in [5.74, 6) is 1.40. The molecule has 6 heteroatoms. The van der Waals surface area contributed by atoms with Gasteiger partial charge in [0.15, 0.2) is 16.6 Å². The average Bonchev–Trinajstić information content (AvgIpc) is 3.43. The molecule has 31 heavy (non-hydrogen) atoms. The largest absolute Gasteiger partial charge is 0.454 e. The number of thiazole rings is 1. The lowest BCUT2D eigenvalue weighted by atomic mass is 10.1. The third-order valence-corrected chi connectivity index (χ3v) is 6.40. The van der Waals surface area contributed by atoms with Crippen molar-refractivity contribution in [3.05, 3.63) is 83.4 Å². The van der Waals surface area contributed by atoms with Crippen LogP contribution >= 0.6 is 11.3 Å². The van der Waals surface area contributed by atoms with Crippen LogP contribution in [0, 0.1) is 0 Å². The molecule has 0 radical (unpaired) electrons. The molecule has 0 bridgehead atoms. The van der Waals surface area contributed by atoms with Crippen molar-refractivity contribution in [2.24, 2.45) is 0 Å². The van der Waals surface area contributed by atoms with E-state index in [2.05, 4.69) is 19.1 Å². The van der Waals surface area contributed by atoms with Crippen LogP contribution in [0.2, 0.25) is 0 Å². The van der Waals surface area contributed by atoms with Crippen LogP contribution in [-0.2, 0) is 24.2 Å². The van der Waals surface area contributed by atoms with E-state index in [1.54, 1.807) is 16.2 Å². The molecule has 0 aliphatic carbocycles. The summed E-state index contributed by atoms with van der Waals surface area (Å²) in [6.07, 6.45) is 1.24. The third kappa shape index (κ3) is 4.11. The molecule has 3 aromatic carbocycles. The highest BCUT2D eigenvalue weighted by Gasteiger charge is 2.22. The number of aromatic nitrogens is 1. The Kier molecular flexibility index (Phi) is 5.30. The van der Waals surface area contributed by atoms with Gasteiger partial charge in [0.2, 0.25) is 12.7 Å².